The predicted octanol–water partition coefficient (Wildman–Crippen LogP) is 4.08. The lowest BCUT2D eigenvalue weighted by molar-refractivity contribution is -0.119. The number of rotatable bonds is 5. The van der Waals surface area contributed by atoms with Gasteiger partial charge in [0, 0.05) is 6.42 Å². The Balaban J connectivity index is 0.00000139. The smallest absolute Gasteiger partial charge is 0.339 e. The highest BCUT2D eigenvalue weighted by molar-refractivity contribution is 6.01. The molecule has 0 bridgehead atoms. The second kappa shape index (κ2) is 10.3. The molecule has 1 aliphatic rings. The zero-order chi connectivity index (χ0) is 17.9. The number of ether oxygens (including phenoxy) is 2. The van der Waals surface area contributed by atoms with Crippen LogP contribution in [0.3, 0.4) is 0 Å². The van der Waals surface area contributed by atoms with Crippen molar-refractivity contribution in [3.63, 3.8) is 0 Å². The number of para-hydroxylation sites is 1. The molecule has 1 N–H and O–H groups in total. The molecule has 0 atom stereocenters. The summed E-state index contributed by atoms with van der Waals surface area (Å²) in [5.41, 5.74) is 2.02. The zero-order valence-corrected chi connectivity index (χ0v) is 14.7. The van der Waals surface area contributed by atoms with Crippen LogP contribution in [-0.4, -0.2) is 25.6 Å². The van der Waals surface area contributed by atoms with Gasteiger partial charge in [-0.3, -0.25) is 4.79 Å². The number of amides is 1. The first-order valence-electron chi connectivity index (χ1n) is 8.06. The van der Waals surface area contributed by atoms with Gasteiger partial charge in [-0.15, -0.1) is 0 Å². The molecule has 0 fully saturated rings. The van der Waals surface area contributed by atoms with Crippen molar-refractivity contribution in [3.05, 3.63) is 53.3 Å². The SMILES string of the molecule is CC.COC(=O)c1ccccc1NC(=O)COC1=CC=C(C)CC1. The maximum absolute atomic E-state index is 12.0. The van der Waals surface area contributed by atoms with Crippen molar-refractivity contribution in [1.29, 1.82) is 0 Å². The van der Waals surface area contributed by atoms with E-state index >= 15 is 0 Å². The summed E-state index contributed by atoms with van der Waals surface area (Å²) in [6.07, 6.45) is 5.62. The van der Waals surface area contributed by atoms with Crippen LogP contribution in [0.15, 0.2) is 47.7 Å². The summed E-state index contributed by atoms with van der Waals surface area (Å²) in [5, 5.41) is 2.67. The minimum absolute atomic E-state index is 0.0891. The number of nitrogens with one attached hydrogen (secondary N) is 1. The van der Waals surface area contributed by atoms with Crippen molar-refractivity contribution in [2.24, 2.45) is 0 Å². The molecule has 0 spiro atoms. The molecule has 0 saturated carbocycles. The van der Waals surface area contributed by atoms with E-state index in [9.17, 15) is 9.59 Å². The third-order valence-corrected chi connectivity index (χ3v) is 3.31. The second-order valence-corrected chi connectivity index (χ2v) is 5.02. The van der Waals surface area contributed by atoms with Crippen LogP contribution >= 0.6 is 0 Å². The van der Waals surface area contributed by atoms with Crippen molar-refractivity contribution >= 4 is 17.6 Å². The Hall–Kier alpha value is -2.56. The summed E-state index contributed by atoms with van der Waals surface area (Å²) in [7, 11) is 1.30. The Morgan fingerprint density at radius 1 is 1.12 bits per heavy atom. The standard InChI is InChI=1S/C17H19NO4.C2H6/c1-12-7-9-13(10-8-12)22-11-16(19)18-15-6-4-3-5-14(15)17(20)21-2;1-2/h3-7,9H,8,10-11H2,1-2H3,(H,18,19);1-2H3. The molecule has 0 saturated heterocycles. The highest BCUT2D eigenvalue weighted by Crippen LogP contribution is 2.19. The molecule has 0 aromatic heterocycles. The summed E-state index contributed by atoms with van der Waals surface area (Å²) < 4.78 is 10.2. The molecule has 0 unspecified atom stereocenters. The fourth-order valence-electron chi connectivity index (χ4n) is 2.07. The maximum atomic E-state index is 12.0. The van der Waals surface area contributed by atoms with Crippen LogP contribution in [0.1, 0.15) is 44.0 Å². The van der Waals surface area contributed by atoms with E-state index in [0.29, 0.717) is 11.3 Å². The monoisotopic (exact) mass is 331 g/mol. The molecule has 2 rings (SSSR count). The molecule has 0 radical (unpaired) electrons. The van der Waals surface area contributed by atoms with Gasteiger partial charge in [-0.25, -0.2) is 4.79 Å². The number of carbonyl (C=O) groups is 2. The summed E-state index contributed by atoms with van der Waals surface area (Å²) >= 11 is 0. The van der Waals surface area contributed by atoms with E-state index in [1.807, 2.05) is 26.0 Å². The first kappa shape index (κ1) is 19.5. The average Bonchev–Trinajstić information content (AvgIpc) is 2.63. The number of esters is 1. The Bertz CT molecular complexity index is 632. The predicted molar refractivity (Wildman–Crippen MR) is 94.8 cm³/mol. The molecule has 5 heteroatoms. The van der Waals surface area contributed by atoms with Crippen molar-refractivity contribution in [3.8, 4) is 0 Å². The largest absolute Gasteiger partial charge is 0.488 e. The molecular weight excluding hydrogens is 306 g/mol. The summed E-state index contributed by atoms with van der Waals surface area (Å²) in [6.45, 7) is 5.97. The molecule has 1 aromatic rings. The van der Waals surface area contributed by atoms with Crippen LogP contribution in [0, 0.1) is 0 Å². The molecule has 24 heavy (non-hydrogen) atoms. The lowest BCUT2D eigenvalue weighted by Gasteiger charge is -2.14. The second-order valence-electron chi connectivity index (χ2n) is 5.02. The fourth-order valence-corrected chi connectivity index (χ4v) is 2.07. The van der Waals surface area contributed by atoms with Crippen molar-refractivity contribution in [2.75, 3.05) is 19.0 Å². The van der Waals surface area contributed by atoms with Gasteiger partial charge in [-0.2, -0.15) is 0 Å². The van der Waals surface area contributed by atoms with Gasteiger partial charge in [0.05, 0.1) is 24.1 Å². The van der Waals surface area contributed by atoms with Crippen LogP contribution in [0.25, 0.3) is 0 Å². The van der Waals surface area contributed by atoms with Gasteiger partial charge in [0.25, 0.3) is 5.91 Å². The average molecular weight is 331 g/mol. The van der Waals surface area contributed by atoms with E-state index in [4.69, 9.17) is 4.74 Å². The lowest BCUT2D eigenvalue weighted by Crippen LogP contribution is -2.20. The van der Waals surface area contributed by atoms with Crippen LogP contribution < -0.4 is 5.32 Å². The fraction of sp³-hybridized carbons (Fsp3) is 0.368. The van der Waals surface area contributed by atoms with Gasteiger partial charge in [-0.1, -0.05) is 37.6 Å². The Morgan fingerprint density at radius 2 is 1.83 bits per heavy atom. The van der Waals surface area contributed by atoms with Crippen molar-refractivity contribution in [2.45, 2.75) is 33.6 Å². The Labute approximate surface area is 143 Å². The van der Waals surface area contributed by atoms with Crippen LogP contribution in [0.4, 0.5) is 5.69 Å². The normalized spacial score (nSPS) is 12.8. The first-order valence-corrected chi connectivity index (χ1v) is 8.06. The number of carbonyl (C=O) groups excluding carboxylic acids is 2. The number of allylic oxidation sites excluding steroid dienone is 4. The lowest BCUT2D eigenvalue weighted by atomic mass is 10.1. The molecular formula is C19H25NO4. The van der Waals surface area contributed by atoms with E-state index in [1.165, 1.54) is 12.7 Å². The number of hydrogen-bond donors (Lipinski definition) is 1. The third kappa shape index (κ3) is 5.91. The topological polar surface area (TPSA) is 64.6 Å². The van der Waals surface area contributed by atoms with Crippen molar-refractivity contribution < 1.29 is 19.1 Å². The quantitative estimate of drug-likeness (QED) is 0.826. The Kier molecular flexibility index (Phi) is 8.33. The highest BCUT2D eigenvalue weighted by atomic mass is 16.5. The van der Waals surface area contributed by atoms with Gasteiger partial charge in [0.1, 0.15) is 0 Å². The Morgan fingerprint density at radius 3 is 2.46 bits per heavy atom. The number of hydrogen-bond acceptors (Lipinski definition) is 4. The summed E-state index contributed by atoms with van der Waals surface area (Å²) in [4.78, 5) is 23.6. The minimum atomic E-state index is -0.493. The molecule has 1 amide bonds. The maximum Gasteiger partial charge on any atom is 0.339 e. The van der Waals surface area contributed by atoms with Gasteiger partial charge >= 0.3 is 5.97 Å². The summed E-state index contributed by atoms with van der Waals surface area (Å²) in [5.74, 6) is -0.0158. The molecule has 5 nitrogen and oxygen atoms in total. The molecule has 0 heterocycles. The van der Waals surface area contributed by atoms with E-state index in [1.54, 1.807) is 24.3 Å². The number of methoxy groups -OCH3 is 1. The number of benzene rings is 1. The van der Waals surface area contributed by atoms with Crippen LogP contribution in [-0.2, 0) is 14.3 Å². The van der Waals surface area contributed by atoms with Crippen molar-refractivity contribution in [1.82, 2.24) is 0 Å². The van der Waals surface area contributed by atoms with Crippen LogP contribution in [0.2, 0.25) is 0 Å². The molecule has 0 aliphatic heterocycles. The number of anilines is 1. The molecule has 1 aliphatic carbocycles. The van der Waals surface area contributed by atoms with Gasteiger partial charge in [0.15, 0.2) is 6.61 Å². The van der Waals surface area contributed by atoms with Gasteiger partial charge < -0.3 is 14.8 Å². The minimum Gasteiger partial charge on any atom is -0.488 e. The molecule has 1 aromatic carbocycles. The van der Waals surface area contributed by atoms with Gasteiger partial charge in [-0.05, 0) is 31.6 Å². The van der Waals surface area contributed by atoms with E-state index in [2.05, 4.69) is 17.0 Å². The van der Waals surface area contributed by atoms with Crippen LogP contribution in [0.5, 0.6) is 0 Å². The third-order valence-electron chi connectivity index (χ3n) is 3.31. The van der Waals surface area contributed by atoms with E-state index < -0.39 is 5.97 Å². The summed E-state index contributed by atoms with van der Waals surface area (Å²) in [6, 6.07) is 6.69. The zero-order valence-electron chi connectivity index (χ0n) is 14.7. The first-order chi connectivity index (χ1) is 11.6. The van der Waals surface area contributed by atoms with E-state index in [0.717, 1.165) is 18.6 Å². The van der Waals surface area contributed by atoms with E-state index in [-0.39, 0.29) is 12.5 Å². The highest BCUT2D eigenvalue weighted by Gasteiger charge is 2.14. The molecule has 130 valence electrons. The van der Waals surface area contributed by atoms with Gasteiger partial charge in [0.2, 0.25) is 0 Å².